The summed E-state index contributed by atoms with van der Waals surface area (Å²) in [5.74, 6) is -3.08. The number of fused-ring (bicyclic) bond motifs is 1. The van der Waals surface area contributed by atoms with E-state index in [1.807, 2.05) is 0 Å². The van der Waals surface area contributed by atoms with Crippen molar-refractivity contribution >= 4 is 28.7 Å². The number of ketones is 3. The first-order chi connectivity index (χ1) is 19.7. The number of phenolic OH excluding ortho intramolecular Hbond substituents is 1. The summed E-state index contributed by atoms with van der Waals surface area (Å²) in [5.41, 5.74) is 2.40. The number of anilines is 2. The van der Waals surface area contributed by atoms with E-state index in [0.29, 0.717) is 29.7 Å². The zero-order valence-electron chi connectivity index (χ0n) is 24.3. The summed E-state index contributed by atoms with van der Waals surface area (Å²) < 4.78 is 41.2. The molecule has 3 unspecified atom stereocenters. The van der Waals surface area contributed by atoms with Crippen molar-refractivity contribution in [1.82, 2.24) is 0 Å². The molecule has 2 aromatic carbocycles. The van der Waals surface area contributed by atoms with Gasteiger partial charge in [0.15, 0.2) is 5.78 Å². The summed E-state index contributed by atoms with van der Waals surface area (Å²) >= 11 is 0. The molecule has 0 saturated heterocycles. The van der Waals surface area contributed by atoms with E-state index in [4.69, 9.17) is 0 Å². The van der Waals surface area contributed by atoms with Crippen molar-refractivity contribution in [3.8, 4) is 11.5 Å². The minimum absolute atomic E-state index is 0. The molecule has 1 aliphatic carbocycles. The van der Waals surface area contributed by atoms with Crippen molar-refractivity contribution in [2.75, 3.05) is 37.5 Å². The van der Waals surface area contributed by atoms with E-state index >= 15 is 0 Å². The lowest BCUT2D eigenvalue weighted by Gasteiger charge is -2.33. The summed E-state index contributed by atoms with van der Waals surface area (Å²) in [5, 5.41) is 33.7. The van der Waals surface area contributed by atoms with Gasteiger partial charge < -0.3 is 35.7 Å². The van der Waals surface area contributed by atoms with Gasteiger partial charge in [0.05, 0.1) is 24.3 Å². The molecule has 3 rings (SSSR count). The van der Waals surface area contributed by atoms with E-state index in [2.05, 4.69) is 10.1 Å². The standard InChI is InChI=1S/C30H37F3N2O7.H2O.2H2/c1-17(38)10-26(39)23(16-37)20(8-9-36)11-19-12-22-25(35(2)3)14-24(29(41)28(22)27(40)13-19)34-15-18-4-6-21(7-5-18)42-30(31,32)33;;;/h4-7,14,19-20,23,34,36-37,41H,8-13,15-16H2,1-3H3;1H2;2*1H. The number of alkyl halides is 3. The number of Topliss-reactive ketones (excluding diaryl/α,β-unsaturated/α-hetero) is 3. The predicted octanol–water partition coefficient (Wildman–Crippen LogP) is 3.93. The van der Waals surface area contributed by atoms with E-state index in [0.717, 1.165) is 0 Å². The molecular formula is C30H43F3N2O8. The van der Waals surface area contributed by atoms with Crippen molar-refractivity contribution < 1.29 is 55.9 Å². The number of rotatable bonds is 14. The molecule has 0 heterocycles. The van der Waals surface area contributed by atoms with E-state index in [1.165, 1.54) is 31.2 Å². The summed E-state index contributed by atoms with van der Waals surface area (Å²) in [6.45, 7) is 0.765. The normalized spacial score (nSPS) is 16.0. The van der Waals surface area contributed by atoms with E-state index < -0.39 is 30.6 Å². The first-order valence-electron chi connectivity index (χ1n) is 13.7. The predicted molar refractivity (Wildman–Crippen MR) is 158 cm³/mol. The molecule has 242 valence electrons. The molecule has 0 radical (unpaired) electrons. The SMILES string of the molecule is CC(=O)CC(=O)C(CO)C(CCO)CC1CC(=O)c2c(O)c(NCc3ccc(OC(F)(F)F)cc3)cc(N(C)C)c2C1.O.[HH].[HH]. The highest BCUT2D eigenvalue weighted by Gasteiger charge is 2.36. The number of hydrogen-bond donors (Lipinski definition) is 4. The first kappa shape index (κ1) is 35.5. The number of carbonyl (C=O) groups excluding carboxylic acids is 3. The number of aliphatic hydroxyl groups excluding tert-OH is 2. The summed E-state index contributed by atoms with van der Waals surface area (Å²) in [6.07, 6.45) is -4.02. The summed E-state index contributed by atoms with van der Waals surface area (Å²) in [6, 6.07) is 6.98. The lowest BCUT2D eigenvalue weighted by atomic mass is 9.73. The van der Waals surface area contributed by atoms with E-state index in [-0.39, 0.29) is 81.0 Å². The average molecular weight is 617 g/mol. The minimum Gasteiger partial charge on any atom is -0.505 e. The van der Waals surface area contributed by atoms with Gasteiger partial charge in [-0.1, -0.05) is 12.1 Å². The number of ether oxygens (including phenoxy) is 1. The van der Waals surface area contributed by atoms with Crippen molar-refractivity contribution in [2.24, 2.45) is 17.8 Å². The lowest BCUT2D eigenvalue weighted by Crippen LogP contribution is -2.33. The fourth-order valence-electron chi connectivity index (χ4n) is 5.60. The monoisotopic (exact) mass is 616 g/mol. The smallest absolute Gasteiger partial charge is 0.505 e. The van der Waals surface area contributed by atoms with Crippen LogP contribution in [-0.4, -0.2) is 71.8 Å². The number of nitrogens with zero attached hydrogens (tertiary/aromatic N) is 1. The quantitative estimate of drug-likeness (QED) is 0.182. The summed E-state index contributed by atoms with van der Waals surface area (Å²) in [7, 11) is 3.58. The Morgan fingerprint density at radius 3 is 2.35 bits per heavy atom. The highest BCUT2D eigenvalue weighted by Crippen LogP contribution is 2.44. The van der Waals surface area contributed by atoms with Gasteiger partial charge in [0, 0.05) is 48.1 Å². The van der Waals surface area contributed by atoms with Gasteiger partial charge in [-0.3, -0.25) is 14.4 Å². The van der Waals surface area contributed by atoms with Gasteiger partial charge in [-0.25, -0.2) is 0 Å². The Hall–Kier alpha value is -3.68. The Morgan fingerprint density at radius 2 is 1.81 bits per heavy atom. The molecule has 0 aromatic heterocycles. The number of nitrogens with one attached hydrogen (secondary N) is 1. The van der Waals surface area contributed by atoms with Crippen molar-refractivity contribution in [2.45, 2.75) is 51.9 Å². The Morgan fingerprint density at radius 1 is 1.16 bits per heavy atom. The average Bonchev–Trinajstić information content (AvgIpc) is 2.88. The van der Waals surface area contributed by atoms with Gasteiger partial charge >= 0.3 is 6.36 Å². The van der Waals surface area contributed by atoms with Gasteiger partial charge in [-0.2, -0.15) is 0 Å². The zero-order valence-corrected chi connectivity index (χ0v) is 24.3. The molecule has 10 nitrogen and oxygen atoms in total. The Bertz CT molecular complexity index is 1290. The third-order valence-corrected chi connectivity index (χ3v) is 7.49. The molecule has 43 heavy (non-hydrogen) atoms. The van der Waals surface area contributed by atoms with Crippen LogP contribution in [0.25, 0.3) is 0 Å². The fourth-order valence-corrected chi connectivity index (χ4v) is 5.60. The highest BCUT2D eigenvalue weighted by atomic mass is 19.4. The van der Waals surface area contributed by atoms with Gasteiger partial charge in [0.1, 0.15) is 23.1 Å². The maximum atomic E-state index is 13.4. The molecule has 0 aliphatic heterocycles. The number of benzene rings is 2. The minimum atomic E-state index is -4.80. The molecule has 0 amide bonds. The molecule has 1 aliphatic rings. The molecule has 6 N–H and O–H groups in total. The molecule has 13 heteroatoms. The van der Waals surface area contributed by atoms with Crippen LogP contribution >= 0.6 is 0 Å². The second-order valence-electron chi connectivity index (χ2n) is 10.9. The topological polar surface area (TPSA) is 168 Å². The number of aromatic hydroxyl groups is 1. The van der Waals surface area contributed by atoms with E-state index in [1.54, 1.807) is 25.1 Å². The molecule has 0 bridgehead atoms. The second kappa shape index (κ2) is 15.2. The fraction of sp³-hybridized carbons (Fsp3) is 0.500. The third kappa shape index (κ3) is 9.40. The number of carbonyl (C=O) groups is 3. The summed E-state index contributed by atoms with van der Waals surface area (Å²) in [4.78, 5) is 39.4. The van der Waals surface area contributed by atoms with Crippen LogP contribution in [0.15, 0.2) is 30.3 Å². The van der Waals surface area contributed by atoms with Crippen LogP contribution in [-0.2, 0) is 22.6 Å². The van der Waals surface area contributed by atoms with Crippen LogP contribution in [0.4, 0.5) is 24.5 Å². The van der Waals surface area contributed by atoms with Crippen LogP contribution in [0, 0.1) is 17.8 Å². The number of hydrogen-bond acceptors (Lipinski definition) is 9. The van der Waals surface area contributed by atoms with Crippen LogP contribution < -0.4 is 15.0 Å². The van der Waals surface area contributed by atoms with E-state index in [9.17, 15) is 42.9 Å². The van der Waals surface area contributed by atoms with Crippen LogP contribution in [0.2, 0.25) is 0 Å². The van der Waals surface area contributed by atoms with Gasteiger partial charge in [-0.15, -0.1) is 13.2 Å². The molecule has 2 aromatic rings. The van der Waals surface area contributed by atoms with Gasteiger partial charge in [0.2, 0.25) is 0 Å². The van der Waals surface area contributed by atoms with Gasteiger partial charge in [-0.05, 0) is 67.3 Å². The van der Waals surface area contributed by atoms with Crippen LogP contribution in [0.3, 0.4) is 0 Å². The lowest BCUT2D eigenvalue weighted by molar-refractivity contribution is -0.274. The van der Waals surface area contributed by atoms with Gasteiger partial charge in [0.25, 0.3) is 0 Å². The van der Waals surface area contributed by atoms with Crippen LogP contribution in [0.5, 0.6) is 11.5 Å². The number of aliphatic hydroxyl groups is 2. The number of halogens is 3. The zero-order chi connectivity index (χ0) is 31.2. The second-order valence-corrected chi connectivity index (χ2v) is 10.9. The largest absolute Gasteiger partial charge is 0.573 e. The Kier molecular flexibility index (Phi) is 12.5. The molecule has 0 spiro atoms. The van der Waals surface area contributed by atoms with Crippen LogP contribution in [0.1, 0.15) is 56.9 Å². The molecule has 0 fully saturated rings. The van der Waals surface area contributed by atoms with Crippen molar-refractivity contribution in [3.05, 3.63) is 47.0 Å². The number of phenols is 1. The highest BCUT2D eigenvalue weighted by molar-refractivity contribution is 6.04. The molecule has 3 atom stereocenters. The maximum Gasteiger partial charge on any atom is 0.573 e. The molecular weight excluding hydrogens is 573 g/mol. The third-order valence-electron chi connectivity index (χ3n) is 7.49. The molecule has 0 saturated carbocycles. The van der Waals surface area contributed by atoms with Crippen molar-refractivity contribution in [3.63, 3.8) is 0 Å². The first-order valence-corrected chi connectivity index (χ1v) is 13.7. The maximum absolute atomic E-state index is 13.4. The Labute approximate surface area is 250 Å². The Balaban J connectivity index is 0.00000645. The van der Waals surface area contributed by atoms with Crippen molar-refractivity contribution in [1.29, 1.82) is 0 Å².